The fraction of sp³-hybridized carbons (Fsp3) is 0.500. The molecule has 1 aromatic heterocycles. The number of pyridine rings is 1. The Morgan fingerprint density at radius 3 is 3.12 bits per heavy atom. The van der Waals surface area contributed by atoms with Crippen LogP contribution in [-0.4, -0.2) is 18.1 Å². The van der Waals surface area contributed by atoms with Crippen LogP contribution in [0.15, 0.2) is 29.0 Å². The molecule has 1 N–H and O–H groups in total. The van der Waals surface area contributed by atoms with Crippen LogP contribution in [0.2, 0.25) is 0 Å². The second-order valence-electron chi connectivity index (χ2n) is 5.07. The second-order valence-corrected chi connectivity index (χ2v) is 5.99. The van der Waals surface area contributed by atoms with Gasteiger partial charge in [-0.05, 0) is 77.3 Å². The molecular formula is C14H17BrN2. The summed E-state index contributed by atoms with van der Waals surface area (Å²) in [4.78, 5) is 4.26. The number of allylic oxidation sites excluding steroid dienone is 2. The molecule has 2 heterocycles. The van der Waals surface area contributed by atoms with Gasteiger partial charge in [0.2, 0.25) is 0 Å². The molecule has 0 saturated carbocycles. The molecule has 0 spiro atoms. The summed E-state index contributed by atoms with van der Waals surface area (Å²) in [6.45, 7) is 2.38. The number of fused-ring (bicyclic) bond motifs is 1. The molecule has 0 unspecified atom stereocenters. The normalized spacial score (nSPS) is 28.4. The van der Waals surface area contributed by atoms with Crippen molar-refractivity contribution in [2.24, 2.45) is 11.8 Å². The van der Waals surface area contributed by atoms with Crippen molar-refractivity contribution in [2.45, 2.75) is 19.3 Å². The predicted octanol–water partition coefficient (Wildman–Crippen LogP) is 3.25. The van der Waals surface area contributed by atoms with Crippen LogP contribution in [0.4, 0.5) is 0 Å². The van der Waals surface area contributed by atoms with Gasteiger partial charge in [0.25, 0.3) is 0 Å². The van der Waals surface area contributed by atoms with Gasteiger partial charge < -0.3 is 5.32 Å². The highest BCUT2D eigenvalue weighted by Crippen LogP contribution is 2.37. The minimum absolute atomic E-state index is 0.822. The van der Waals surface area contributed by atoms with Crippen molar-refractivity contribution < 1.29 is 0 Å². The molecule has 1 saturated heterocycles. The second kappa shape index (κ2) is 4.91. The number of halogens is 1. The number of rotatable bonds is 1. The number of nitrogens with zero attached hydrogens (tertiary/aromatic N) is 1. The number of hydrogen-bond donors (Lipinski definition) is 1. The van der Waals surface area contributed by atoms with Gasteiger partial charge in [-0.3, -0.25) is 4.98 Å². The van der Waals surface area contributed by atoms with Crippen LogP contribution in [0.25, 0.3) is 5.57 Å². The summed E-state index contributed by atoms with van der Waals surface area (Å²) < 4.78 is 1.07. The molecule has 3 heteroatoms. The highest BCUT2D eigenvalue weighted by molar-refractivity contribution is 9.10. The third-order valence-corrected chi connectivity index (χ3v) is 4.42. The molecule has 17 heavy (non-hydrogen) atoms. The van der Waals surface area contributed by atoms with E-state index in [9.17, 15) is 0 Å². The lowest BCUT2D eigenvalue weighted by Crippen LogP contribution is -2.37. The smallest absolute Gasteiger partial charge is 0.0410 e. The molecule has 2 nitrogen and oxygen atoms in total. The van der Waals surface area contributed by atoms with Crippen molar-refractivity contribution in [3.05, 3.63) is 34.6 Å². The van der Waals surface area contributed by atoms with Crippen LogP contribution in [0.5, 0.6) is 0 Å². The molecule has 2 aliphatic rings. The molecule has 3 rings (SSSR count). The number of nitrogens with one attached hydrogen (secondary N) is 1. The van der Waals surface area contributed by atoms with Crippen LogP contribution in [0.3, 0.4) is 0 Å². The first-order chi connectivity index (χ1) is 8.33. The van der Waals surface area contributed by atoms with Crippen LogP contribution in [0.1, 0.15) is 24.8 Å². The van der Waals surface area contributed by atoms with Crippen molar-refractivity contribution in [2.75, 3.05) is 13.1 Å². The van der Waals surface area contributed by atoms with Crippen LogP contribution < -0.4 is 5.32 Å². The van der Waals surface area contributed by atoms with Crippen molar-refractivity contribution in [3.8, 4) is 0 Å². The minimum Gasteiger partial charge on any atom is -0.316 e. The SMILES string of the molecule is Brc1cncc(C2=CC[C@@H]3CCNC[C@@H]3C2)c1. The van der Waals surface area contributed by atoms with Gasteiger partial charge in [0.05, 0.1) is 0 Å². The van der Waals surface area contributed by atoms with Crippen molar-refractivity contribution in [1.82, 2.24) is 10.3 Å². The lowest BCUT2D eigenvalue weighted by molar-refractivity contribution is 0.252. The summed E-state index contributed by atoms with van der Waals surface area (Å²) in [6, 6.07) is 2.18. The van der Waals surface area contributed by atoms with E-state index >= 15 is 0 Å². The standard InChI is InChI=1S/C14H17BrN2/c15-14-6-13(8-17-9-14)11-2-1-10-3-4-16-7-12(10)5-11/h2,6,8-10,12,16H,1,3-5,7H2/t10-,12+/m1/s1. The molecular weight excluding hydrogens is 276 g/mol. The van der Waals surface area contributed by atoms with E-state index in [1.165, 1.54) is 43.5 Å². The third-order valence-electron chi connectivity index (χ3n) is 3.99. The maximum atomic E-state index is 4.26. The Labute approximate surface area is 111 Å². The van der Waals surface area contributed by atoms with Crippen LogP contribution in [-0.2, 0) is 0 Å². The fourth-order valence-electron chi connectivity index (χ4n) is 3.01. The molecule has 1 aromatic rings. The highest BCUT2D eigenvalue weighted by Gasteiger charge is 2.28. The molecule has 1 fully saturated rings. The van der Waals surface area contributed by atoms with E-state index in [0.717, 1.165) is 16.3 Å². The molecule has 0 amide bonds. The molecule has 0 bridgehead atoms. The van der Waals surface area contributed by atoms with Crippen LogP contribution >= 0.6 is 15.9 Å². The van der Waals surface area contributed by atoms with Crippen LogP contribution in [0, 0.1) is 11.8 Å². The zero-order chi connectivity index (χ0) is 11.7. The Hall–Kier alpha value is -0.670. The van der Waals surface area contributed by atoms with Gasteiger partial charge in [0, 0.05) is 16.9 Å². The van der Waals surface area contributed by atoms with Gasteiger partial charge in [-0.25, -0.2) is 0 Å². The average Bonchev–Trinajstić information content (AvgIpc) is 2.38. The lowest BCUT2D eigenvalue weighted by atomic mass is 9.75. The highest BCUT2D eigenvalue weighted by atomic mass is 79.9. The Balaban J connectivity index is 1.82. The Bertz CT molecular complexity index is 442. The Kier molecular flexibility index (Phi) is 3.30. The Morgan fingerprint density at radius 2 is 2.24 bits per heavy atom. The quantitative estimate of drug-likeness (QED) is 0.859. The first-order valence-corrected chi connectivity index (χ1v) is 7.13. The maximum Gasteiger partial charge on any atom is 0.0410 e. The van der Waals surface area contributed by atoms with E-state index in [1.807, 2.05) is 12.4 Å². The first-order valence-electron chi connectivity index (χ1n) is 6.33. The summed E-state index contributed by atoms with van der Waals surface area (Å²) in [7, 11) is 0. The van der Waals surface area contributed by atoms with E-state index < -0.39 is 0 Å². The van der Waals surface area contributed by atoms with Crippen molar-refractivity contribution in [1.29, 1.82) is 0 Å². The zero-order valence-electron chi connectivity index (χ0n) is 9.82. The largest absolute Gasteiger partial charge is 0.316 e. The number of hydrogen-bond acceptors (Lipinski definition) is 2. The minimum atomic E-state index is 0.822. The number of aromatic nitrogens is 1. The molecule has 1 aliphatic carbocycles. The fourth-order valence-corrected chi connectivity index (χ4v) is 3.37. The van der Waals surface area contributed by atoms with Gasteiger partial charge in [0.1, 0.15) is 0 Å². The Morgan fingerprint density at radius 1 is 1.29 bits per heavy atom. The zero-order valence-corrected chi connectivity index (χ0v) is 11.4. The predicted molar refractivity (Wildman–Crippen MR) is 73.6 cm³/mol. The first kappa shape index (κ1) is 11.4. The third kappa shape index (κ3) is 2.45. The van der Waals surface area contributed by atoms with E-state index in [0.29, 0.717) is 0 Å². The van der Waals surface area contributed by atoms with Gasteiger partial charge in [0.15, 0.2) is 0 Å². The van der Waals surface area contributed by atoms with Crippen molar-refractivity contribution >= 4 is 21.5 Å². The molecule has 0 aromatic carbocycles. The summed E-state index contributed by atoms with van der Waals surface area (Å²) in [6.07, 6.45) is 10.0. The summed E-state index contributed by atoms with van der Waals surface area (Å²) in [5.41, 5.74) is 2.76. The molecule has 1 aliphatic heterocycles. The van der Waals surface area contributed by atoms with E-state index in [2.05, 4.69) is 38.4 Å². The maximum absolute atomic E-state index is 4.26. The van der Waals surface area contributed by atoms with Crippen molar-refractivity contribution in [3.63, 3.8) is 0 Å². The average molecular weight is 293 g/mol. The summed E-state index contributed by atoms with van der Waals surface area (Å²) >= 11 is 3.50. The van der Waals surface area contributed by atoms with Gasteiger partial charge in [-0.2, -0.15) is 0 Å². The molecule has 90 valence electrons. The van der Waals surface area contributed by atoms with E-state index in [4.69, 9.17) is 0 Å². The topological polar surface area (TPSA) is 24.9 Å². The van der Waals surface area contributed by atoms with Gasteiger partial charge in [-0.15, -0.1) is 0 Å². The molecule has 2 atom stereocenters. The summed E-state index contributed by atoms with van der Waals surface area (Å²) in [5.74, 6) is 1.72. The molecule has 0 radical (unpaired) electrons. The van der Waals surface area contributed by atoms with E-state index in [-0.39, 0.29) is 0 Å². The monoisotopic (exact) mass is 292 g/mol. The van der Waals surface area contributed by atoms with E-state index in [1.54, 1.807) is 0 Å². The van der Waals surface area contributed by atoms with Gasteiger partial charge in [-0.1, -0.05) is 6.08 Å². The lowest BCUT2D eigenvalue weighted by Gasteiger charge is -2.35. The number of piperidine rings is 1. The van der Waals surface area contributed by atoms with Gasteiger partial charge >= 0.3 is 0 Å². The summed E-state index contributed by atoms with van der Waals surface area (Å²) in [5, 5.41) is 3.52.